The summed E-state index contributed by atoms with van der Waals surface area (Å²) in [6.07, 6.45) is 3.86. The molecule has 1 aliphatic rings. The Hall–Kier alpha value is -2.20. The summed E-state index contributed by atoms with van der Waals surface area (Å²) in [7, 11) is 0. The fourth-order valence-corrected chi connectivity index (χ4v) is 3.45. The number of nitrogens with zero attached hydrogens (tertiary/aromatic N) is 2. The number of oxazole rings is 1. The van der Waals surface area contributed by atoms with Crippen LogP contribution in [0.2, 0.25) is 0 Å². The minimum absolute atomic E-state index is 0.313. The van der Waals surface area contributed by atoms with Crippen LogP contribution >= 0.6 is 0 Å². The van der Waals surface area contributed by atoms with Crippen LogP contribution in [0.3, 0.4) is 0 Å². The Morgan fingerprint density at radius 3 is 2.92 bits per heavy atom. The van der Waals surface area contributed by atoms with E-state index in [0.717, 1.165) is 18.6 Å². The second-order valence-electron chi connectivity index (χ2n) is 6.62. The molecule has 124 valence electrons. The molecule has 1 aliphatic heterocycles. The van der Waals surface area contributed by atoms with Crippen LogP contribution < -0.4 is 0 Å². The van der Waals surface area contributed by atoms with Gasteiger partial charge in [-0.15, -0.1) is 0 Å². The van der Waals surface area contributed by atoms with Gasteiger partial charge in [0.25, 0.3) is 0 Å². The van der Waals surface area contributed by atoms with Crippen LogP contribution in [-0.4, -0.2) is 22.5 Å². The van der Waals surface area contributed by atoms with Gasteiger partial charge in [-0.3, -0.25) is 4.90 Å². The first-order valence-corrected chi connectivity index (χ1v) is 8.59. The van der Waals surface area contributed by atoms with E-state index in [9.17, 15) is 4.39 Å². The maximum Gasteiger partial charge on any atom is 0.230 e. The molecule has 0 spiro atoms. The third-order valence-electron chi connectivity index (χ3n) is 4.88. The second-order valence-corrected chi connectivity index (χ2v) is 6.62. The predicted molar refractivity (Wildman–Crippen MR) is 93.1 cm³/mol. The van der Waals surface area contributed by atoms with Crippen molar-refractivity contribution in [1.82, 2.24) is 9.88 Å². The first-order chi connectivity index (χ1) is 11.7. The number of hydrogen-bond acceptors (Lipinski definition) is 3. The molecular formula is C20H21FN2O. The zero-order valence-electron chi connectivity index (χ0n) is 13.8. The van der Waals surface area contributed by atoms with Crippen LogP contribution in [0, 0.1) is 5.82 Å². The summed E-state index contributed by atoms with van der Waals surface area (Å²) < 4.78 is 19.7. The van der Waals surface area contributed by atoms with E-state index in [0.29, 0.717) is 23.1 Å². The standard InChI is InChI=1S/C20H21FN2O/c1-14-6-4-5-11-23(14)13-15-9-10-19-18(12-15)22-20(24-19)16-7-2-3-8-17(16)21/h2-3,7-10,12,14H,4-6,11,13H2,1H3. The molecule has 1 atom stereocenters. The SMILES string of the molecule is CC1CCCCN1Cc1ccc2oc(-c3ccccc3F)nc2c1. The maximum atomic E-state index is 13.9. The molecule has 1 fully saturated rings. The minimum Gasteiger partial charge on any atom is -0.436 e. The van der Waals surface area contributed by atoms with Gasteiger partial charge in [0.2, 0.25) is 5.89 Å². The van der Waals surface area contributed by atoms with Crippen molar-refractivity contribution in [2.45, 2.75) is 38.8 Å². The molecule has 2 aromatic carbocycles. The third kappa shape index (κ3) is 2.94. The first kappa shape index (κ1) is 15.3. The largest absolute Gasteiger partial charge is 0.436 e. The van der Waals surface area contributed by atoms with Gasteiger partial charge in [-0.05, 0) is 56.1 Å². The Kier molecular flexibility index (Phi) is 4.07. The molecule has 3 aromatic rings. The molecular weight excluding hydrogens is 303 g/mol. The number of likely N-dealkylation sites (tertiary alicyclic amines) is 1. The van der Waals surface area contributed by atoms with Gasteiger partial charge in [-0.2, -0.15) is 0 Å². The lowest BCUT2D eigenvalue weighted by molar-refractivity contribution is 0.152. The first-order valence-electron chi connectivity index (χ1n) is 8.59. The van der Waals surface area contributed by atoms with Gasteiger partial charge >= 0.3 is 0 Å². The lowest BCUT2D eigenvalue weighted by Crippen LogP contribution is -2.36. The second kappa shape index (κ2) is 6.36. The van der Waals surface area contributed by atoms with Gasteiger partial charge in [0.1, 0.15) is 11.3 Å². The molecule has 0 radical (unpaired) electrons. The molecule has 24 heavy (non-hydrogen) atoms. The molecule has 0 saturated carbocycles. The van der Waals surface area contributed by atoms with E-state index in [1.165, 1.54) is 30.9 Å². The lowest BCUT2D eigenvalue weighted by Gasteiger charge is -2.33. The Bertz CT molecular complexity index is 858. The number of halogens is 1. The Balaban J connectivity index is 1.63. The van der Waals surface area contributed by atoms with Gasteiger partial charge < -0.3 is 4.42 Å². The summed E-state index contributed by atoms with van der Waals surface area (Å²) in [5.41, 5.74) is 3.11. The summed E-state index contributed by atoms with van der Waals surface area (Å²) in [5.74, 6) is 0.0259. The van der Waals surface area contributed by atoms with Gasteiger partial charge in [0, 0.05) is 12.6 Å². The van der Waals surface area contributed by atoms with Gasteiger partial charge in [0.05, 0.1) is 5.56 Å². The molecule has 4 heteroatoms. The highest BCUT2D eigenvalue weighted by molar-refractivity contribution is 5.77. The topological polar surface area (TPSA) is 29.3 Å². The molecule has 0 bridgehead atoms. The van der Waals surface area contributed by atoms with E-state index >= 15 is 0 Å². The zero-order valence-corrected chi connectivity index (χ0v) is 13.8. The van der Waals surface area contributed by atoms with E-state index in [1.54, 1.807) is 18.2 Å². The van der Waals surface area contributed by atoms with Crippen LogP contribution in [0.25, 0.3) is 22.6 Å². The van der Waals surface area contributed by atoms with Crippen molar-refractivity contribution in [3.8, 4) is 11.5 Å². The highest BCUT2D eigenvalue weighted by atomic mass is 19.1. The minimum atomic E-state index is -0.313. The van der Waals surface area contributed by atoms with Crippen molar-refractivity contribution in [3.05, 3.63) is 53.8 Å². The van der Waals surface area contributed by atoms with E-state index < -0.39 is 0 Å². The molecule has 0 N–H and O–H groups in total. The Labute approximate surface area is 141 Å². The van der Waals surface area contributed by atoms with Crippen molar-refractivity contribution in [3.63, 3.8) is 0 Å². The smallest absolute Gasteiger partial charge is 0.230 e. The van der Waals surface area contributed by atoms with E-state index in [4.69, 9.17) is 4.42 Å². The van der Waals surface area contributed by atoms with E-state index in [-0.39, 0.29) is 5.82 Å². The van der Waals surface area contributed by atoms with Crippen molar-refractivity contribution in [2.24, 2.45) is 0 Å². The summed E-state index contributed by atoms with van der Waals surface area (Å²) in [6.45, 7) is 4.38. The zero-order chi connectivity index (χ0) is 16.5. The molecule has 1 aromatic heterocycles. The van der Waals surface area contributed by atoms with E-state index in [1.807, 2.05) is 6.07 Å². The normalized spacial score (nSPS) is 19.0. The van der Waals surface area contributed by atoms with Crippen LogP contribution in [-0.2, 0) is 6.54 Å². The molecule has 0 amide bonds. The summed E-state index contributed by atoms with van der Waals surface area (Å²) in [4.78, 5) is 7.01. The highest BCUT2D eigenvalue weighted by Gasteiger charge is 2.19. The highest BCUT2D eigenvalue weighted by Crippen LogP contribution is 2.27. The monoisotopic (exact) mass is 324 g/mol. The van der Waals surface area contributed by atoms with E-state index in [2.05, 4.69) is 28.9 Å². The van der Waals surface area contributed by atoms with Gasteiger partial charge in [-0.1, -0.05) is 24.6 Å². The van der Waals surface area contributed by atoms with Crippen LogP contribution in [0.1, 0.15) is 31.7 Å². The molecule has 1 unspecified atom stereocenters. The maximum absolute atomic E-state index is 13.9. The summed E-state index contributed by atoms with van der Waals surface area (Å²) >= 11 is 0. The quantitative estimate of drug-likeness (QED) is 0.678. The Morgan fingerprint density at radius 1 is 1.21 bits per heavy atom. The number of rotatable bonds is 3. The third-order valence-corrected chi connectivity index (χ3v) is 4.88. The van der Waals surface area contributed by atoms with Gasteiger partial charge in [-0.25, -0.2) is 9.37 Å². The molecule has 2 heterocycles. The molecule has 0 aliphatic carbocycles. The van der Waals surface area contributed by atoms with Crippen LogP contribution in [0.4, 0.5) is 4.39 Å². The number of hydrogen-bond donors (Lipinski definition) is 0. The number of fused-ring (bicyclic) bond motifs is 1. The molecule has 3 nitrogen and oxygen atoms in total. The van der Waals surface area contributed by atoms with Crippen molar-refractivity contribution >= 4 is 11.1 Å². The molecule has 4 rings (SSSR count). The lowest BCUT2D eigenvalue weighted by atomic mass is 10.0. The predicted octanol–water partition coefficient (Wildman–Crippen LogP) is 5.01. The number of benzene rings is 2. The average Bonchev–Trinajstić information content (AvgIpc) is 3.00. The fraction of sp³-hybridized carbons (Fsp3) is 0.350. The summed E-state index contributed by atoms with van der Waals surface area (Å²) in [5, 5.41) is 0. The van der Waals surface area contributed by atoms with Crippen molar-refractivity contribution < 1.29 is 8.81 Å². The number of piperidine rings is 1. The summed E-state index contributed by atoms with van der Waals surface area (Å²) in [6, 6.07) is 13.3. The number of aromatic nitrogens is 1. The van der Waals surface area contributed by atoms with Crippen molar-refractivity contribution in [1.29, 1.82) is 0 Å². The van der Waals surface area contributed by atoms with Crippen LogP contribution in [0.15, 0.2) is 46.9 Å². The van der Waals surface area contributed by atoms with Crippen LogP contribution in [0.5, 0.6) is 0 Å². The Morgan fingerprint density at radius 2 is 2.08 bits per heavy atom. The molecule has 1 saturated heterocycles. The average molecular weight is 324 g/mol. The van der Waals surface area contributed by atoms with Crippen molar-refractivity contribution in [2.75, 3.05) is 6.54 Å². The van der Waals surface area contributed by atoms with Gasteiger partial charge in [0.15, 0.2) is 5.58 Å². The fourth-order valence-electron chi connectivity index (χ4n) is 3.45.